The van der Waals surface area contributed by atoms with Gasteiger partial charge in [0, 0.05) is 62.7 Å². The number of aryl methyl sites for hydroxylation is 1. The number of aromatic nitrogens is 1. The molecule has 2 aliphatic rings. The number of aliphatic hydroxyl groups excluding tert-OH is 1. The van der Waals surface area contributed by atoms with Crippen molar-refractivity contribution in [2.24, 2.45) is 0 Å². The van der Waals surface area contributed by atoms with E-state index in [0.29, 0.717) is 61.6 Å². The van der Waals surface area contributed by atoms with Gasteiger partial charge in [-0.1, -0.05) is 35.6 Å². The molecule has 45 heavy (non-hydrogen) atoms. The van der Waals surface area contributed by atoms with E-state index in [-0.39, 0.29) is 22.1 Å². The summed E-state index contributed by atoms with van der Waals surface area (Å²) in [6, 6.07) is 15.2. The van der Waals surface area contributed by atoms with Gasteiger partial charge in [0.2, 0.25) is 5.91 Å². The first-order chi connectivity index (χ1) is 21.9. The standard InChI is InChI=1S/C33H40N4O6S2/c38-27-9-8-26(31-30(27)35-32(41)45-31)28(39)21-34-20-23-3-5-24(6-4-23)42-17-15-36-13-11-33(12-14-36)22-37(16-18-43-33)29(40)10-7-25-2-1-19-44-25/h1-6,8-9,19,28,34,38-39H,7,10-18,20-22H2,(H,35,41). The van der Waals surface area contributed by atoms with Crippen LogP contribution in [-0.4, -0.2) is 89.0 Å². The smallest absolute Gasteiger partial charge is 0.305 e. The van der Waals surface area contributed by atoms with E-state index in [9.17, 15) is 19.8 Å². The number of amides is 1. The molecule has 0 saturated carbocycles. The van der Waals surface area contributed by atoms with Crippen LogP contribution < -0.4 is 14.9 Å². The highest BCUT2D eigenvalue weighted by Gasteiger charge is 2.40. The van der Waals surface area contributed by atoms with Crippen LogP contribution in [0.1, 0.15) is 41.4 Å². The summed E-state index contributed by atoms with van der Waals surface area (Å²) in [5.74, 6) is 1.04. The maximum Gasteiger partial charge on any atom is 0.305 e. The maximum absolute atomic E-state index is 12.9. The fourth-order valence-corrected chi connectivity index (χ4v) is 7.78. The Kier molecular flexibility index (Phi) is 10.2. The quantitative estimate of drug-likeness (QED) is 0.182. The van der Waals surface area contributed by atoms with E-state index in [1.165, 1.54) is 10.9 Å². The number of phenolic OH excluding ortho intramolecular Hbond substituents is 1. The Labute approximate surface area is 270 Å². The first kappa shape index (κ1) is 31.7. The fourth-order valence-electron chi connectivity index (χ4n) is 6.15. The number of likely N-dealkylation sites (tertiary alicyclic amines) is 1. The van der Waals surface area contributed by atoms with Crippen LogP contribution in [0.3, 0.4) is 0 Å². The van der Waals surface area contributed by atoms with Gasteiger partial charge < -0.3 is 34.9 Å². The van der Waals surface area contributed by atoms with E-state index >= 15 is 0 Å². The van der Waals surface area contributed by atoms with Crippen LogP contribution in [0.4, 0.5) is 0 Å². The number of phenols is 1. The number of carbonyl (C=O) groups is 1. The SMILES string of the molecule is O=C(CCc1cccs1)N1CCOC2(CCN(CCOc3ccc(CNCC(O)c4ccc(O)c5[nH]c(=O)sc45)cc3)CC2)C1. The van der Waals surface area contributed by atoms with Crippen molar-refractivity contribution >= 4 is 38.8 Å². The molecule has 240 valence electrons. The van der Waals surface area contributed by atoms with E-state index in [2.05, 4.69) is 26.6 Å². The molecule has 2 fully saturated rings. The average molecular weight is 653 g/mol. The summed E-state index contributed by atoms with van der Waals surface area (Å²) >= 11 is 2.69. The van der Waals surface area contributed by atoms with Crippen molar-refractivity contribution < 1.29 is 24.5 Å². The fraction of sp³-hybridized carbons (Fsp3) is 0.455. The Bertz CT molecular complexity index is 1610. The summed E-state index contributed by atoms with van der Waals surface area (Å²) < 4.78 is 12.9. The number of benzene rings is 2. The number of thiophene rings is 1. The van der Waals surface area contributed by atoms with Crippen LogP contribution in [-0.2, 0) is 22.5 Å². The van der Waals surface area contributed by atoms with Gasteiger partial charge in [-0.3, -0.25) is 14.5 Å². The lowest BCUT2D eigenvalue weighted by atomic mass is 9.89. The van der Waals surface area contributed by atoms with Crippen molar-refractivity contribution in [3.8, 4) is 11.5 Å². The number of aliphatic hydroxyl groups is 1. The normalized spacial score (nSPS) is 17.6. The lowest BCUT2D eigenvalue weighted by Gasteiger charge is -2.47. The summed E-state index contributed by atoms with van der Waals surface area (Å²) in [7, 11) is 0. The third-order valence-electron chi connectivity index (χ3n) is 8.75. The van der Waals surface area contributed by atoms with Gasteiger partial charge in [0.25, 0.3) is 0 Å². The molecule has 2 saturated heterocycles. The molecule has 12 heteroatoms. The minimum atomic E-state index is -0.820. The number of carbonyl (C=O) groups excluding carboxylic acids is 1. The highest BCUT2D eigenvalue weighted by molar-refractivity contribution is 7.16. The highest BCUT2D eigenvalue weighted by Crippen LogP contribution is 2.32. The number of nitrogens with zero attached hydrogens (tertiary/aromatic N) is 2. The molecular formula is C33H40N4O6S2. The highest BCUT2D eigenvalue weighted by atomic mass is 32.1. The van der Waals surface area contributed by atoms with Gasteiger partial charge in [-0.15, -0.1) is 11.3 Å². The van der Waals surface area contributed by atoms with Crippen molar-refractivity contribution in [3.63, 3.8) is 0 Å². The van der Waals surface area contributed by atoms with Crippen molar-refractivity contribution in [2.75, 3.05) is 52.5 Å². The van der Waals surface area contributed by atoms with Gasteiger partial charge in [0.1, 0.15) is 23.6 Å². The van der Waals surface area contributed by atoms with Gasteiger partial charge in [-0.05, 0) is 54.5 Å². The van der Waals surface area contributed by atoms with E-state index in [4.69, 9.17) is 9.47 Å². The van der Waals surface area contributed by atoms with E-state index in [1.54, 1.807) is 17.4 Å². The van der Waals surface area contributed by atoms with Gasteiger partial charge >= 0.3 is 4.87 Å². The number of ether oxygens (including phenoxy) is 2. The Morgan fingerprint density at radius 3 is 2.73 bits per heavy atom. The van der Waals surface area contributed by atoms with Gasteiger partial charge in [-0.2, -0.15) is 0 Å². The van der Waals surface area contributed by atoms with Crippen LogP contribution in [0.5, 0.6) is 11.5 Å². The summed E-state index contributed by atoms with van der Waals surface area (Å²) in [6.07, 6.45) is 2.39. The van der Waals surface area contributed by atoms with Crippen LogP contribution in [0, 0.1) is 0 Å². The van der Waals surface area contributed by atoms with Crippen LogP contribution in [0.2, 0.25) is 0 Å². The molecule has 1 unspecified atom stereocenters. The van der Waals surface area contributed by atoms with E-state index < -0.39 is 6.10 Å². The molecule has 2 aliphatic heterocycles. The van der Waals surface area contributed by atoms with E-state index in [1.807, 2.05) is 35.2 Å². The molecular weight excluding hydrogens is 613 g/mol. The van der Waals surface area contributed by atoms with Crippen LogP contribution in [0.15, 0.2) is 58.7 Å². The number of piperidine rings is 1. The number of rotatable bonds is 12. The molecule has 0 bridgehead atoms. The zero-order valence-corrected chi connectivity index (χ0v) is 26.8. The first-order valence-corrected chi connectivity index (χ1v) is 17.2. The molecule has 1 amide bonds. The summed E-state index contributed by atoms with van der Waals surface area (Å²) in [4.78, 5) is 32.7. The van der Waals surface area contributed by atoms with Gasteiger partial charge in [-0.25, -0.2) is 0 Å². The minimum Gasteiger partial charge on any atom is -0.506 e. The number of aromatic amines is 1. The summed E-state index contributed by atoms with van der Waals surface area (Å²) in [6.45, 7) is 6.13. The predicted octanol–water partition coefficient (Wildman–Crippen LogP) is 3.88. The lowest BCUT2D eigenvalue weighted by molar-refractivity contribution is -0.159. The summed E-state index contributed by atoms with van der Waals surface area (Å²) in [5.41, 5.74) is 1.80. The molecule has 10 nitrogen and oxygen atoms in total. The molecule has 0 radical (unpaired) electrons. The molecule has 1 atom stereocenters. The average Bonchev–Trinajstić information content (AvgIpc) is 3.72. The number of hydrogen-bond donors (Lipinski definition) is 4. The van der Waals surface area contributed by atoms with Gasteiger partial charge in [0.05, 0.1) is 23.0 Å². The second-order valence-corrected chi connectivity index (χ2v) is 13.8. The topological polar surface area (TPSA) is 127 Å². The third kappa shape index (κ3) is 7.94. The Hall–Kier alpha value is -3.26. The van der Waals surface area contributed by atoms with Crippen LogP contribution >= 0.6 is 22.7 Å². The molecule has 2 aromatic carbocycles. The molecule has 4 N–H and O–H groups in total. The van der Waals surface area contributed by atoms with Crippen molar-refractivity contribution in [1.29, 1.82) is 0 Å². The minimum absolute atomic E-state index is 0.00492. The lowest BCUT2D eigenvalue weighted by Crippen LogP contribution is -2.58. The largest absolute Gasteiger partial charge is 0.506 e. The van der Waals surface area contributed by atoms with Gasteiger partial charge in [0.15, 0.2) is 0 Å². The number of morpholine rings is 1. The molecule has 6 rings (SSSR count). The Balaban J connectivity index is 0.890. The molecule has 4 heterocycles. The number of hydrogen-bond acceptors (Lipinski definition) is 10. The maximum atomic E-state index is 12.9. The number of aromatic hydroxyl groups is 1. The Morgan fingerprint density at radius 1 is 1.13 bits per heavy atom. The first-order valence-electron chi connectivity index (χ1n) is 15.5. The monoisotopic (exact) mass is 652 g/mol. The molecule has 4 aromatic rings. The summed E-state index contributed by atoms with van der Waals surface area (Å²) in [5, 5.41) is 26.0. The number of nitrogens with one attached hydrogen (secondary N) is 2. The number of H-pyrrole nitrogens is 1. The van der Waals surface area contributed by atoms with Crippen molar-refractivity contribution in [2.45, 2.75) is 43.9 Å². The zero-order chi connectivity index (χ0) is 31.2. The number of thiazole rings is 1. The zero-order valence-electron chi connectivity index (χ0n) is 25.2. The second kappa shape index (κ2) is 14.4. The Morgan fingerprint density at radius 2 is 1.96 bits per heavy atom. The van der Waals surface area contributed by atoms with Crippen molar-refractivity contribution in [3.05, 3.63) is 79.6 Å². The molecule has 1 spiro atoms. The molecule has 2 aromatic heterocycles. The van der Waals surface area contributed by atoms with Crippen LogP contribution in [0.25, 0.3) is 10.2 Å². The molecule has 0 aliphatic carbocycles. The third-order valence-corrected chi connectivity index (χ3v) is 10.6. The number of fused-ring (bicyclic) bond motifs is 1. The predicted molar refractivity (Wildman–Crippen MR) is 176 cm³/mol. The second-order valence-electron chi connectivity index (χ2n) is 11.8. The van der Waals surface area contributed by atoms with E-state index in [0.717, 1.165) is 61.5 Å². The van der Waals surface area contributed by atoms with Crippen molar-refractivity contribution in [1.82, 2.24) is 20.1 Å².